The summed E-state index contributed by atoms with van der Waals surface area (Å²) in [5.41, 5.74) is 5.28. The normalized spacial score (nSPS) is 11.5. The molecule has 1 aromatic heterocycles. The average molecular weight is 586 g/mol. The molecule has 9 rings (SSSR count). The lowest BCUT2D eigenvalue weighted by Gasteiger charge is -2.13. The highest BCUT2D eigenvalue weighted by atomic mass is 15.0. The van der Waals surface area contributed by atoms with Crippen molar-refractivity contribution < 1.29 is 0 Å². The van der Waals surface area contributed by atoms with Crippen LogP contribution in [0.3, 0.4) is 0 Å². The van der Waals surface area contributed by atoms with Crippen LogP contribution in [0.25, 0.3) is 88.4 Å². The summed E-state index contributed by atoms with van der Waals surface area (Å²) in [6, 6.07) is 57.6. The number of hydrogen-bond donors (Lipinski definition) is 0. The quantitative estimate of drug-likeness (QED) is 0.193. The predicted octanol–water partition coefficient (Wildman–Crippen LogP) is 11.2. The standard InChI is InChI=1S/C43H27N3/c1-3-10-28(11-4-1)33-20-18-29-19-21-34(27-35(29)26-33)42-44-41(32-13-5-2-6-14-32)45-43(46-42)39-17-9-15-31-23-24-37-36-16-8-7-12-30(36)22-25-38(37)40(31)39/h1-27H. The first-order chi connectivity index (χ1) is 22.8. The molecule has 46 heavy (non-hydrogen) atoms. The van der Waals surface area contributed by atoms with Crippen LogP contribution >= 0.6 is 0 Å². The Bertz CT molecular complexity index is 2570. The fourth-order valence-corrected chi connectivity index (χ4v) is 6.60. The van der Waals surface area contributed by atoms with E-state index in [0.717, 1.165) is 32.8 Å². The van der Waals surface area contributed by atoms with E-state index in [1.165, 1.54) is 38.1 Å². The average Bonchev–Trinajstić information content (AvgIpc) is 3.14. The Morgan fingerprint density at radius 3 is 1.70 bits per heavy atom. The number of aromatic nitrogens is 3. The van der Waals surface area contributed by atoms with Crippen molar-refractivity contribution in [2.45, 2.75) is 0 Å². The third-order valence-electron chi connectivity index (χ3n) is 8.88. The number of rotatable bonds is 4. The Hall–Kier alpha value is -6.19. The summed E-state index contributed by atoms with van der Waals surface area (Å²) in [6.07, 6.45) is 0. The number of hydrogen-bond acceptors (Lipinski definition) is 3. The monoisotopic (exact) mass is 585 g/mol. The molecule has 1 heterocycles. The Labute approximate surface area is 266 Å². The van der Waals surface area contributed by atoms with Gasteiger partial charge in [0.15, 0.2) is 17.5 Å². The molecule has 0 atom stereocenters. The molecule has 0 radical (unpaired) electrons. The molecule has 0 bridgehead atoms. The van der Waals surface area contributed by atoms with Gasteiger partial charge in [-0.1, -0.05) is 152 Å². The molecule has 3 heteroatoms. The maximum absolute atomic E-state index is 5.18. The minimum absolute atomic E-state index is 0.651. The van der Waals surface area contributed by atoms with Gasteiger partial charge in [0.05, 0.1) is 0 Å². The predicted molar refractivity (Wildman–Crippen MR) is 192 cm³/mol. The van der Waals surface area contributed by atoms with Gasteiger partial charge >= 0.3 is 0 Å². The van der Waals surface area contributed by atoms with Crippen LogP contribution in [0.4, 0.5) is 0 Å². The highest BCUT2D eigenvalue weighted by molar-refractivity contribution is 6.20. The van der Waals surface area contributed by atoms with Crippen LogP contribution in [0, 0.1) is 0 Å². The molecule has 3 nitrogen and oxygen atoms in total. The molecule has 0 aliphatic heterocycles. The first-order valence-corrected chi connectivity index (χ1v) is 15.5. The molecule has 0 amide bonds. The minimum Gasteiger partial charge on any atom is -0.208 e. The van der Waals surface area contributed by atoms with Gasteiger partial charge in [-0.05, 0) is 61.0 Å². The smallest absolute Gasteiger partial charge is 0.164 e. The zero-order valence-electron chi connectivity index (χ0n) is 24.9. The molecule has 214 valence electrons. The topological polar surface area (TPSA) is 38.7 Å². The maximum atomic E-state index is 5.18. The van der Waals surface area contributed by atoms with Crippen molar-refractivity contribution in [3.05, 3.63) is 164 Å². The van der Waals surface area contributed by atoms with E-state index in [2.05, 4.69) is 140 Å². The lowest BCUT2D eigenvalue weighted by atomic mass is 9.94. The summed E-state index contributed by atoms with van der Waals surface area (Å²) in [6.45, 7) is 0. The van der Waals surface area contributed by atoms with Crippen molar-refractivity contribution in [2.24, 2.45) is 0 Å². The van der Waals surface area contributed by atoms with Crippen molar-refractivity contribution in [3.63, 3.8) is 0 Å². The van der Waals surface area contributed by atoms with Crippen molar-refractivity contribution in [3.8, 4) is 45.3 Å². The van der Waals surface area contributed by atoms with Crippen LogP contribution in [0.1, 0.15) is 0 Å². The fourth-order valence-electron chi connectivity index (χ4n) is 6.60. The van der Waals surface area contributed by atoms with E-state index < -0.39 is 0 Å². The second-order valence-corrected chi connectivity index (χ2v) is 11.7. The van der Waals surface area contributed by atoms with Gasteiger partial charge in [-0.2, -0.15) is 0 Å². The molecule has 0 saturated heterocycles. The molecule has 9 aromatic rings. The van der Waals surface area contributed by atoms with Crippen molar-refractivity contribution in [1.82, 2.24) is 15.0 Å². The van der Waals surface area contributed by atoms with Crippen LogP contribution in [-0.2, 0) is 0 Å². The number of benzene rings is 8. The van der Waals surface area contributed by atoms with Gasteiger partial charge in [0.2, 0.25) is 0 Å². The zero-order valence-corrected chi connectivity index (χ0v) is 24.9. The van der Waals surface area contributed by atoms with E-state index in [0.29, 0.717) is 17.5 Å². The van der Waals surface area contributed by atoms with E-state index >= 15 is 0 Å². The summed E-state index contributed by atoms with van der Waals surface area (Å²) in [7, 11) is 0. The van der Waals surface area contributed by atoms with Crippen molar-refractivity contribution in [2.75, 3.05) is 0 Å². The second kappa shape index (κ2) is 10.8. The molecule has 0 unspecified atom stereocenters. The molecule has 0 spiro atoms. The van der Waals surface area contributed by atoms with Crippen LogP contribution in [0.5, 0.6) is 0 Å². The summed E-state index contributed by atoms with van der Waals surface area (Å²) in [4.78, 5) is 15.3. The molecule has 0 aliphatic carbocycles. The van der Waals surface area contributed by atoms with Gasteiger partial charge in [0, 0.05) is 22.1 Å². The minimum atomic E-state index is 0.651. The summed E-state index contributed by atoms with van der Waals surface area (Å²) in [5.74, 6) is 1.97. The third-order valence-corrected chi connectivity index (χ3v) is 8.88. The summed E-state index contributed by atoms with van der Waals surface area (Å²) in [5, 5.41) is 9.50. The number of fused-ring (bicyclic) bond motifs is 6. The Balaban J connectivity index is 1.28. The van der Waals surface area contributed by atoms with Gasteiger partial charge in [-0.3, -0.25) is 0 Å². The SMILES string of the molecule is c1ccc(-c2ccc3ccc(-c4nc(-c5ccccc5)nc(-c5cccc6ccc7c8ccccc8ccc7c56)n4)cc3c2)cc1. The van der Waals surface area contributed by atoms with Crippen molar-refractivity contribution >= 4 is 43.1 Å². The summed E-state index contributed by atoms with van der Waals surface area (Å²) < 4.78 is 0. The highest BCUT2D eigenvalue weighted by Gasteiger charge is 2.16. The van der Waals surface area contributed by atoms with E-state index in [1.807, 2.05) is 24.3 Å². The van der Waals surface area contributed by atoms with Crippen LogP contribution < -0.4 is 0 Å². The van der Waals surface area contributed by atoms with Gasteiger partial charge in [0.25, 0.3) is 0 Å². The lowest BCUT2D eigenvalue weighted by molar-refractivity contribution is 1.08. The van der Waals surface area contributed by atoms with Crippen LogP contribution in [0.2, 0.25) is 0 Å². The van der Waals surface area contributed by atoms with Gasteiger partial charge < -0.3 is 0 Å². The Kier molecular flexibility index (Phi) is 6.14. The van der Waals surface area contributed by atoms with Crippen LogP contribution in [0.15, 0.2) is 164 Å². The van der Waals surface area contributed by atoms with Gasteiger partial charge in [0.1, 0.15) is 0 Å². The largest absolute Gasteiger partial charge is 0.208 e. The zero-order chi connectivity index (χ0) is 30.5. The summed E-state index contributed by atoms with van der Waals surface area (Å²) >= 11 is 0. The fraction of sp³-hybridized carbons (Fsp3) is 0. The molecule has 0 N–H and O–H groups in total. The van der Waals surface area contributed by atoms with Crippen LogP contribution in [-0.4, -0.2) is 15.0 Å². The van der Waals surface area contributed by atoms with E-state index in [9.17, 15) is 0 Å². The molecule has 0 fully saturated rings. The van der Waals surface area contributed by atoms with Crippen molar-refractivity contribution in [1.29, 1.82) is 0 Å². The molecule has 0 aliphatic rings. The molecular weight excluding hydrogens is 558 g/mol. The second-order valence-electron chi connectivity index (χ2n) is 11.7. The highest BCUT2D eigenvalue weighted by Crippen LogP contribution is 2.37. The molecular formula is C43H27N3. The molecule has 8 aromatic carbocycles. The van der Waals surface area contributed by atoms with E-state index in [1.54, 1.807) is 0 Å². The van der Waals surface area contributed by atoms with Gasteiger partial charge in [-0.25, -0.2) is 15.0 Å². The number of nitrogens with zero attached hydrogens (tertiary/aromatic N) is 3. The lowest BCUT2D eigenvalue weighted by Crippen LogP contribution is -2.00. The van der Waals surface area contributed by atoms with E-state index in [-0.39, 0.29) is 0 Å². The Morgan fingerprint density at radius 1 is 0.283 bits per heavy atom. The molecule has 0 saturated carbocycles. The maximum Gasteiger partial charge on any atom is 0.164 e. The Morgan fingerprint density at radius 2 is 0.870 bits per heavy atom. The van der Waals surface area contributed by atoms with Gasteiger partial charge in [-0.15, -0.1) is 0 Å². The first kappa shape index (κ1) is 26.2. The van der Waals surface area contributed by atoms with E-state index in [4.69, 9.17) is 15.0 Å². The third kappa shape index (κ3) is 4.49. The first-order valence-electron chi connectivity index (χ1n) is 15.5.